The molecule has 0 bridgehead atoms. The summed E-state index contributed by atoms with van der Waals surface area (Å²) in [5.74, 6) is 0. The Morgan fingerprint density at radius 1 is 1.67 bits per heavy atom. The maximum atomic E-state index is 8.34. The number of aliphatic hydroxyl groups excluding tert-OH is 1. The van der Waals surface area contributed by atoms with Crippen LogP contribution in [0, 0.1) is 0 Å². The topological polar surface area (TPSA) is 42.0 Å². The minimum Gasteiger partial charge on any atom is -0.396 e. The Morgan fingerprint density at radius 3 is 3.00 bits per heavy atom. The van der Waals surface area contributed by atoms with E-state index < -0.39 is 0 Å². The summed E-state index contributed by atoms with van der Waals surface area (Å²) in [4.78, 5) is 0. The zero-order valence-corrected chi connectivity index (χ0v) is 5.38. The van der Waals surface area contributed by atoms with E-state index in [1.807, 2.05) is 0 Å². The van der Waals surface area contributed by atoms with E-state index in [4.69, 9.17) is 14.6 Å². The molecule has 0 saturated carbocycles. The fourth-order valence-corrected chi connectivity index (χ4v) is 0.546. The molecule has 0 spiro atoms. The molecular weight excluding hydrogens is 120 g/mol. The second-order valence-electron chi connectivity index (χ2n) is 2.11. The van der Waals surface area contributed by atoms with Crippen LogP contribution >= 0.6 is 0 Å². The Labute approximate surface area is 54.6 Å². The van der Waals surface area contributed by atoms with E-state index in [0.29, 0.717) is 19.3 Å². The minimum atomic E-state index is 0.214. The molecule has 0 aromatic rings. The highest BCUT2D eigenvalue weighted by Crippen LogP contribution is 2.08. The van der Waals surface area contributed by atoms with Gasteiger partial charge in [0.15, 0.2) is 0 Å². The Hall–Kier alpha value is -0.120. The van der Waals surface area contributed by atoms with Gasteiger partial charge in [-0.05, 0) is 6.42 Å². The lowest BCUT2D eigenvalue weighted by molar-refractivity contribution is 0.102. The van der Waals surface area contributed by atoms with Crippen molar-refractivity contribution in [2.45, 2.75) is 12.5 Å². The third kappa shape index (κ3) is 3.46. The summed E-state index contributed by atoms with van der Waals surface area (Å²) in [6.45, 7) is 2.40. The van der Waals surface area contributed by atoms with Gasteiger partial charge in [-0.25, -0.2) is 0 Å². The number of hydrogen-bond donors (Lipinski definition) is 1. The monoisotopic (exact) mass is 132 g/mol. The van der Waals surface area contributed by atoms with Gasteiger partial charge in [-0.2, -0.15) is 0 Å². The van der Waals surface area contributed by atoms with Crippen LogP contribution in [0.15, 0.2) is 0 Å². The molecule has 1 aliphatic rings. The van der Waals surface area contributed by atoms with Gasteiger partial charge in [0.2, 0.25) is 0 Å². The van der Waals surface area contributed by atoms with E-state index in [9.17, 15) is 0 Å². The first-order valence-corrected chi connectivity index (χ1v) is 3.23. The quantitative estimate of drug-likeness (QED) is 0.415. The highest BCUT2D eigenvalue weighted by atomic mass is 16.6. The number of hydrogen-bond acceptors (Lipinski definition) is 3. The SMILES string of the molecule is OCCCOCC1CO1. The predicted molar refractivity (Wildman–Crippen MR) is 32.3 cm³/mol. The Balaban J connectivity index is 1.71. The Morgan fingerprint density at radius 2 is 2.44 bits per heavy atom. The summed E-state index contributed by atoms with van der Waals surface area (Å²) < 4.78 is 10.0. The first-order valence-electron chi connectivity index (χ1n) is 3.23. The molecule has 9 heavy (non-hydrogen) atoms. The summed E-state index contributed by atoms with van der Waals surface area (Å²) >= 11 is 0. The lowest BCUT2D eigenvalue weighted by Gasteiger charge is -1.97. The summed E-state index contributed by atoms with van der Waals surface area (Å²) in [5, 5.41) is 8.34. The highest BCUT2D eigenvalue weighted by molar-refractivity contribution is 4.66. The van der Waals surface area contributed by atoms with Crippen LogP contribution in [0.25, 0.3) is 0 Å². The van der Waals surface area contributed by atoms with Gasteiger partial charge in [-0.3, -0.25) is 0 Å². The molecule has 1 saturated heterocycles. The molecule has 1 fully saturated rings. The molecule has 0 amide bonds. The van der Waals surface area contributed by atoms with Crippen molar-refractivity contribution < 1.29 is 14.6 Å². The molecule has 0 aliphatic carbocycles. The molecule has 54 valence electrons. The zero-order valence-electron chi connectivity index (χ0n) is 5.38. The molecule has 0 aromatic heterocycles. The average Bonchev–Trinajstić information content (AvgIpc) is 2.63. The first-order chi connectivity index (χ1) is 4.43. The van der Waals surface area contributed by atoms with Crippen molar-refractivity contribution >= 4 is 0 Å². The maximum absolute atomic E-state index is 8.34. The Bertz CT molecular complexity index is 70.7. The molecule has 1 aliphatic heterocycles. The molecule has 0 radical (unpaired) electrons. The van der Waals surface area contributed by atoms with Crippen LogP contribution in [0.1, 0.15) is 6.42 Å². The van der Waals surface area contributed by atoms with Crippen molar-refractivity contribution in [3.8, 4) is 0 Å². The predicted octanol–water partition coefficient (Wildman–Crippen LogP) is -0.216. The van der Waals surface area contributed by atoms with Crippen LogP contribution in [-0.2, 0) is 9.47 Å². The molecular formula is C6H12O3. The lowest BCUT2D eigenvalue weighted by Crippen LogP contribution is -2.03. The molecule has 1 atom stereocenters. The fourth-order valence-electron chi connectivity index (χ4n) is 0.546. The number of epoxide rings is 1. The van der Waals surface area contributed by atoms with Crippen LogP contribution < -0.4 is 0 Å². The molecule has 1 N–H and O–H groups in total. The van der Waals surface area contributed by atoms with Gasteiger partial charge in [0.05, 0.1) is 13.2 Å². The van der Waals surface area contributed by atoms with Gasteiger partial charge in [0, 0.05) is 13.2 Å². The van der Waals surface area contributed by atoms with Crippen LogP contribution in [-0.4, -0.2) is 37.6 Å². The second-order valence-corrected chi connectivity index (χ2v) is 2.11. The van der Waals surface area contributed by atoms with Crippen LogP contribution in [0.5, 0.6) is 0 Å². The van der Waals surface area contributed by atoms with Crippen LogP contribution in [0.2, 0.25) is 0 Å². The van der Waals surface area contributed by atoms with Crippen molar-refractivity contribution in [3.63, 3.8) is 0 Å². The molecule has 1 heterocycles. The Kier molecular flexibility index (Phi) is 2.97. The second kappa shape index (κ2) is 3.82. The third-order valence-electron chi connectivity index (χ3n) is 1.15. The van der Waals surface area contributed by atoms with E-state index in [-0.39, 0.29) is 6.61 Å². The summed E-state index contributed by atoms with van der Waals surface area (Å²) in [6, 6.07) is 0. The molecule has 3 nitrogen and oxygen atoms in total. The van der Waals surface area contributed by atoms with Crippen molar-refractivity contribution in [3.05, 3.63) is 0 Å². The van der Waals surface area contributed by atoms with Gasteiger partial charge < -0.3 is 14.6 Å². The van der Waals surface area contributed by atoms with Crippen molar-refractivity contribution in [1.29, 1.82) is 0 Å². The minimum absolute atomic E-state index is 0.214. The van der Waals surface area contributed by atoms with Crippen molar-refractivity contribution in [1.82, 2.24) is 0 Å². The molecule has 1 unspecified atom stereocenters. The van der Waals surface area contributed by atoms with Gasteiger partial charge in [-0.1, -0.05) is 0 Å². The van der Waals surface area contributed by atoms with E-state index in [1.165, 1.54) is 0 Å². The highest BCUT2D eigenvalue weighted by Gasteiger charge is 2.21. The summed E-state index contributed by atoms with van der Waals surface area (Å²) in [7, 11) is 0. The van der Waals surface area contributed by atoms with Gasteiger partial charge in [0.25, 0.3) is 0 Å². The smallest absolute Gasteiger partial charge is 0.104 e. The van der Waals surface area contributed by atoms with Crippen molar-refractivity contribution in [2.75, 3.05) is 26.4 Å². The van der Waals surface area contributed by atoms with E-state index in [1.54, 1.807) is 0 Å². The van der Waals surface area contributed by atoms with Crippen LogP contribution in [0.4, 0.5) is 0 Å². The van der Waals surface area contributed by atoms with Crippen molar-refractivity contribution in [2.24, 2.45) is 0 Å². The van der Waals surface area contributed by atoms with E-state index in [0.717, 1.165) is 13.0 Å². The summed E-state index contributed by atoms with van der Waals surface area (Å²) in [6.07, 6.45) is 1.08. The van der Waals surface area contributed by atoms with Gasteiger partial charge in [0.1, 0.15) is 6.10 Å². The molecule has 0 aromatic carbocycles. The molecule has 3 heteroatoms. The normalized spacial score (nSPS) is 24.3. The van der Waals surface area contributed by atoms with E-state index >= 15 is 0 Å². The lowest BCUT2D eigenvalue weighted by atomic mass is 10.5. The first kappa shape index (κ1) is 6.99. The number of rotatable bonds is 5. The number of aliphatic hydroxyl groups is 1. The zero-order chi connectivity index (χ0) is 6.53. The molecule has 1 rings (SSSR count). The standard InChI is InChI=1S/C6H12O3/c7-2-1-3-8-4-6-5-9-6/h6-7H,1-5H2. The fraction of sp³-hybridized carbons (Fsp3) is 1.00. The number of ether oxygens (including phenoxy) is 2. The van der Waals surface area contributed by atoms with Gasteiger partial charge >= 0.3 is 0 Å². The van der Waals surface area contributed by atoms with Crippen LogP contribution in [0.3, 0.4) is 0 Å². The average molecular weight is 132 g/mol. The maximum Gasteiger partial charge on any atom is 0.104 e. The van der Waals surface area contributed by atoms with E-state index in [2.05, 4.69) is 0 Å². The third-order valence-corrected chi connectivity index (χ3v) is 1.15. The largest absolute Gasteiger partial charge is 0.396 e. The summed E-state index contributed by atoms with van der Waals surface area (Å²) in [5.41, 5.74) is 0. The van der Waals surface area contributed by atoms with Gasteiger partial charge in [-0.15, -0.1) is 0 Å².